The number of esters is 1. The topological polar surface area (TPSA) is 75.7 Å². The minimum atomic E-state index is -3.83. The van der Waals surface area contributed by atoms with Crippen LogP contribution < -0.4 is 4.72 Å². The maximum Gasteiger partial charge on any atom is 0.338 e. The number of hydrogen-bond donors (Lipinski definition) is 1. The van der Waals surface area contributed by atoms with E-state index >= 15 is 0 Å². The monoisotopic (exact) mass is 394 g/mol. The van der Waals surface area contributed by atoms with Crippen LogP contribution in [0.1, 0.15) is 24.2 Å². The van der Waals surface area contributed by atoms with Gasteiger partial charge in [-0.25, -0.2) is 17.6 Å². The Balaban J connectivity index is 1.96. The summed E-state index contributed by atoms with van der Waals surface area (Å²) in [5.41, 5.74) is 0.623. The number of carbonyl (C=O) groups is 1. The van der Waals surface area contributed by atoms with Crippen molar-refractivity contribution in [3.8, 4) is 0 Å². The van der Waals surface area contributed by atoms with Gasteiger partial charge in [-0.05, 0) is 61.6 Å². The highest BCUT2D eigenvalue weighted by atomic mass is 32.2. The first-order valence-corrected chi connectivity index (χ1v) is 10.1. The molecule has 2 aromatic rings. The van der Waals surface area contributed by atoms with E-state index in [1.54, 1.807) is 0 Å². The molecule has 0 spiro atoms. The lowest BCUT2D eigenvalue weighted by molar-refractivity contribution is 0.0466. The van der Waals surface area contributed by atoms with Crippen molar-refractivity contribution in [3.05, 3.63) is 59.9 Å². The highest BCUT2D eigenvalue weighted by Crippen LogP contribution is 2.17. The van der Waals surface area contributed by atoms with Crippen molar-refractivity contribution in [1.82, 2.24) is 4.90 Å². The molecule has 27 heavy (non-hydrogen) atoms. The minimum absolute atomic E-state index is 0.0520. The molecule has 0 saturated heterocycles. The fourth-order valence-electron chi connectivity index (χ4n) is 2.39. The molecular formula is C19H23FN2O4S. The van der Waals surface area contributed by atoms with E-state index in [9.17, 15) is 17.6 Å². The third-order valence-electron chi connectivity index (χ3n) is 4.03. The SMILES string of the molecule is CCN(CC)CCOC(=O)c1ccc(NS(=O)(=O)c2ccc(F)cc2)cc1. The number of hydrogen-bond acceptors (Lipinski definition) is 5. The molecule has 0 aliphatic rings. The third kappa shape index (κ3) is 6.04. The zero-order valence-electron chi connectivity index (χ0n) is 15.3. The van der Waals surface area contributed by atoms with Gasteiger partial charge in [0, 0.05) is 12.2 Å². The molecule has 8 heteroatoms. The zero-order chi connectivity index (χ0) is 19.9. The maximum atomic E-state index is 12.9. The molecule has 0 atom stereocenters. The van der Waals surface area contributed by atoms with E-state index in [1.165, 1.54) is 36.4 Å². The van der Waals surface area contributed by atoms with Gasteiger partial charge in [0.1, 0.15) is 12.4 Å². The van der Waals surface area contributed by atoms with Crippen LogP contribution >= 0.6 is 0 Å². The summed E-state index contributed by atoms with van der Waals surface area (Å²) >= 11 is 0. The number of sulfonamides is 1. The number of carbonyl (C=O) groups excluding carboxylic acids is 1. The standard InChI is InChI=1S/C19H23FN2O4S/c1-3-22(4-2)13-14-26-19(23)15-5-9-17(10-6-15)21-27(24,25)18-11-7-16(20)8-12-18/h5-12,21H,3-4,13-14H2,1-2H3. The molecule has 0 aliphatic carbocycles. The van der Waals surface area contributed by atoms with Crippen LogP contribution in [0.5, 0.6) is 0 Å². The molecule has 2 rings (SSSR count). The lowest BCUT2D eigenvalue weighted by atomic mass is 10.2. The molecule has 0 unspecified atom stereocenters. The van der Waals surface area contributed by atoms with Crippen molar-refractivity contribution in [2.24, 2.45) is 0 Å². The first-order valence-electron chi connectivity index (χ1n) is 8.63. The number of benzene rings is 2. The molecule has 2 aromatic carbocycles. The third-order valence-corrected chi connectivity index (χ3v) is 5.43. The molecule has 0 aromatic heterocycles. The molecule has 0 bridgehead atoms. The van der Waals surface area contributed by atoms with Crippen molar-refractivity contribution in [1.29, 1.82) is 0 Å². The normalized spacial score (nSPS) is 11.4. The molecule has 0 amide bonds. The number of halogens is 1. The van der Waals surface area contributed by atoms with Crippen molar-refractivity contribution >= 4 is 21.7 Å². The lowest BCUT2D eigenvalue weighted by Crippen LogP contribution is -2.27. The van der Waals surface area contributed by atoms with Gasteiger partial charge in [0.15, 0.2) is 0 Å². The highest BCUT2D eigenvalue weighted by molar-refractivity contribution is 7.92. The van der Waals surface area contributed by atoms with Gasteiger partial charge in [0.25, 0.3) is 10.0 Å². The van der Waals surface area contributed by atoms with Crippen LogP contribution in [-0.4, -0.2) is 45.5 Å². The van der Waals surface area contributed by atoms with Crippen LogP contribution in [-0.2, 0) is 14.8 Å². The highest BCUT2D eigenvalue weighted by Gasteiger charge is 2.15. The fraction of sp³-hybridized carbons (Fsp3) is 0.316. The Hall–Kier alpha value is -2.45. The number of likely N-dealkylation sites (N-methyl/N-ethyl adjacent to an activating group) is 1. The number of ether oxygens (including phenoxy) is 1. The molecular weight excluding hydrogens is 371 g/mol. The van der Waals surface area contributed by atoms with Gasteiger partial charge < -0.3 is 9.64 Å². The van der Waals surface area contributed by atoms with Crippen molar-refractivity contribution in [2.75, 3.05) is 31.0 Å². The lowest BCUT2D eigenvalue weighted by Gasteiger charge is -2.17. The average Bonchev–Trinajstić information content (AvgIpc) is 2.66. The van der Waals surface area contributed by atoms with E-state index in [4.69, 9.17) is 4.74 Å². The van der Waals surface area contributed by atoms with E-state index in [1.807, 2.05) is 13.8 Å². The van der Waals surface area contributed by atoms with Crippen LogP contribution in [0.25, 0.3) is 0 Å². The Labute approximate surface area is 159 Å². The fourth-order valence-corrected chi connectivity index (χ4v) is 3.45. The van der Waals surface area contributed by atoms with Crippen LogP contribution in [0.3, 0.4) is 0 Å². The summed E-state index contributed by atoms with van der Waals surface area (Å²) < 4.78 is 45.1. The Morgan fingerprint density at radius 1 is 1.04 bits per heavy atom. The molecule has 0 aliphatic heterocycles. The quantitative estimate of drug-likeness (QED) is 0.662. The van der Waals surface area contributed by atoms with Crippen molar-refractivity contribution < 1.29 is 22.3 Å². The van der Waals surface area contributed by atoms with E-state index in [-0.39, 0.29) is 4.90 Å². The van der Waals surface area contributed by atoms with Gasteiger partial charge >= 0.3 is 5.97 Å². The van der Waals surface area contributed by atoms with Crippen molar-refractivity contribution in [2.45, 2.75) is 18.7 Å². The van der Waals surface area contributed by atoms with Crippen LogP contribution in [0.2, 0.25) is 0 Å². The predicted molar refractivity (Wildman–Crippen MR) is 102 cm³/mol. The van der Waals surface area contributed by atoms with Gasteiger partial charge in [0.2, 0.25) is 0 Å². The molecule has 0 heterocycles. The zero-order valence-corrected chi connectivity index (χ0v) is 16.1. The summed E-state index contributed by atoms with van der Waals surface area (Å²) in [6.45, 7) is 6.80. The van der Waals surface area contributed by atoms with Crippen molar-refractivity contribution in [3.63, 3.8) is 0 Å². The maximum absolute atomic E-state index is 12.9. The van der Waals surface area contributed by atoms with Crippen LogP contribution in [0.15, 0.2) is 53.4 Å². The Morgan fingerprint density at radius 2 is 1.63 bits per heavy atom. The van der Waals surface area contributed by atoms with Crippen LogP contribution in [0.4, 0.5) is 10.1 Å². The number of anilines is 1. The van der Waals surface area contributed by atoms with Crippen LogP contribution in [0, 0.1) is 5.82 Å². The molecule has 146 valence electrons. The largest absolute Gasteiger partial charge is 0.461 e. The van der Waals surface area contributed by atoms with Gasteiger partial charge in [-0.3, -0.25) is 4.72 Å². The predicted octanol–water partition coefficient (Wildman–Crippen LogP) is 3.13. The van der Waals surface area contributed by atoms with Gasteiger partial charge in [-0.2, -0.15) is 0 Å². The molecule has 6 nitrogen and oxygen atoms in total. The van der Waals surface area contributed by atoms with E-state index in [2.05, 4.69) is 9.62 Å². The number of nitrogens with zero attached hydrogens (tertiary/aromatic N) is 1. The van der Waals surface area contributed by atoms with Gasteiger partial charge in [-0.15, -0.1) is 0 Å². The second-order valence-corrected chi connectivity index (χ2v) is 7.48. The molecule has 1 N–H and O–H groups in total. The number of nitrogens with one attached hydrogen (secondary N) is 1. The van der Waals surface area contributed by atoms with Gasteiger partial charge in [-0.1, -0.05) is 13.8 Å². The summed E-state index contributed by atoms with van der Waals surface area (Å²) in [4.78, 5) is 14.1. The van der Waals surface area contributed by atoms with E-state index in [0.717, 1.165) is 25.2 Å². The second-order valence-electron chi connectivity index (χ2n) is 5.80. The summed E-state index contributed by atoms with van der Waals surface area (Å²) in [6, 6.07) is 10.4. The smallest absolute Gasteiger partial charge is 0.338 e. The minimum Gasteiger partial charge on any atom is -0.461 e. The summed E-state index contributed by atoms with van der Waals surface area (Å²) in [5.74, 6) is -0.979. The first-order chi connectivity index (χ1) is 12.9. The Kier molecular flexibility index (Phi) is 7.32. The Bertz CT molecular complexity index is 848. The van der Waals surface area contributed by atoms with E-state index < -0.39 is 21.8 Å². The second kappa shape index (κ2) is 9.48. The summed E-state index contributed by atoms with van der Waals surface area (Å²) in [7, 11) is -3.83. The number of rotatable bonds is 9. The molecule has 0 radical (unpaired) electrons. The summed E-state index contributed by atoms with van der Waals surface area (Å²) in [6.07, 6.45) is 0. The van der Waals surface area contributed by atoms with Gasteiger partial charge in [0.05, 0.1) is 10.5 Å². The molecule has 0 fully saturated rings. The molecule has 0 saturated carbocycles. The summed E-state index contributed by atoms with van der Waals surface area (Å²) in [5, 5.41) is 0. The Morgan fingerprint density at radius 3 is 2.19 bits per heavy atom. The van der Waals surface area contributed by atoms with E-state index in [0.29, 0.717) is 24.4 Å². The first kappa shape index (κ1) is 20.9. The average molecular weight is 394 g/mol.